The molecule has 7 heteroatoms. The Labute approximate surface area is 181 Å². The van der Waals surface area contributed by atoms with E-state index in [1.165, 1.54) is 10.5 Å². The van der Waals surface area contributed by atoms with Gasteiger partial charge in [-0.15, -0.1) is 0 Å². The van der Waals surface area contributed by atoms with E-state index >= 15 is 0 Å². The molecule has 5 rings (SSSR count). The number of benzene rings is 1. The lowest BCUT2D eigenvalue weighted by molar-refractivity contribution is -0.917. The predicted molar refractivity (Wildman–Crippen MR) is 118 cm³/mol. The zero-order chi connectivity index (χ0) is 21.2. The molecule has 0 unspecified atom stereocenters. The Hall–Kier alpha value is -3.06. The third kappa shape index (κ3) is 4.10. The number of carbonyl (C=O) groups is 1. The average Bonchev–Trinajstić information content (AvgIpc) is 3.05. The van der Waals surface area contributed by atoms with Crippen molar-refractivity contribution in [2.75, 3.05) is 26.2 Å². The van der Waals surface area contributed by atoms with Gasteiger partial charge in [0.2, 0.25) is 0 Å². The van der Waals surface area contributed by atoms with Crippen LogP contribution >= 0.6 is 0 Å². The first-order valence-corrected chi connectivity index (χ1v) is 11.2. The van der Waals surface area contributed by atoms with Crippen LogP contribution in [0.1, 0.15) is 41.0 Å². The number of quaternary nitrogens is 1. The Morgan fingerprint density at radius 2 is 1.81 bits per heavy atom. The molecule has 1 aromatic carbocycles. The lowest BCUT2D eigenvalue weighted by Gasteiger charge is -2.32. The molecule has 2 aliphatic heterocycles. The van der Waals surface area contributed by atoms with E-state index in [0.29, 0.717) is 16.5 Å². The smallest absolute Gasteiger partial charge is 0.261 e. The second-order valence-electron chi connectivity index (χ2n) is 8.60. The van der Waals surface area contributed by atoms with Crippen LogP contribution < -0.4 is 10.5 Å². The molecule has 0 spiro atoms. The number of aryl methyl sites for hydroxylation is 1. The zero-order valence-electron chi connectivity index (χ0n) is 17.7. The van der Waals surface area contributed by atoms with E-state index in [1.54, 1.807) is 18.2 Å². The van der Waals surface area contributed by atoms with E-state index < -0.39 is 0 Å². The molecule has 1 saturated heterocycles. The molecule has 31 heavy (non-hydrogen) atoms. The molecule has 7 nitrogen and oxygen atoms in total. The van der Waals surface area contributed by atoms with Crippen molar-refractivity contribution < 1.29 is 9.69 Å². The Morgan fingerprint density at radius 1 is 1.00 bits per heavy atom. The van der Waals surface area contributed by atoms with Crippen molar-refractivity contribution in [3.8, 4) is 0 Å². The van der Waals surface area contributed by atoms with Gasteiger partial charge in [0, 0.05) is 36.5 Å². The van der Waals surface area contributed by atoms with E-state index in [2.05, 4.69) is 17.1 Å². The van der Waals surface area contributed by atoms with Crippen LogP contribution in [0.3, 0.4) is 0 Å². The number of carbonyl (C=O) groups excluding carboxylic acids is 1. The molecule has 1 fully saturated rings. The first kappa shape index (κ1) is 19.9. The largest absolute Gasteiger partial charge is 0.328 e. The maximum absolute atomic E-state index is 13.1. The summed E-state index contributed by atoms with van der Waals surface area (Å²) in [6, 6.07) is 9.47. The van der Waals surface area contributed by atoms with Crippen LogP contribution in [0, 0.1) is 0 Å². The molecule has 2 aromatic heterocycles. The number of nitrogens with one attached hydrogen (secondary N) is 1. The summed E-state index contributed by atoms with van der Waals surface area (Å²) >= 11 is 0. The number of hydrogen-bond donors (Lipinski definition) is 1. The second kappa shape index (κ2) is 8.59. The van der Waals surface area contributed by atoms with Crippen LogP contribution in [0.4, 0.5) is 0 Å². The maximum atomic E-state index is 13.1. The van der Waals surface area contributed by atoms with Gasteiger partial charge in [0.05, 0.1) is 37.1 Å². The predicted octanol–water partition coefficient (Wildman–Crippen LogP) is 1.06. The first-order chi connectivity index (χ1) is 15.2. The Morgan fingerprint density at radius 3 is 2.61 bits per heavy atom. The molecular formula is C24H28N5O2+. The van der Waals surface area contributed by atoms with Gasteiger partial charge in [0.25, 0.3) is 11.5 Å². The summed E-state index contributed by atoms with van der Waals surface area (Å²) < 4.78 is 1.82. The number of hydrogen-bond acceptors (Lipinski definition) is 4. The highest BCUT2D eigenvalue weighted by Gasteiger charge is 2.25. The fourth-order valence-corrected chi connectivity index (χ4v) is 4.73. The molecule has 0 atom stereocenters. The molecule has 1 N–H and O–H groups in total. The fraction of sp³-hybridized carbons (Fsp3) is 0.417. The first-order valence-electron chi connectivity index (χ1n) is 11.2. The summed E-state index contributed by atoms with van der Waals surface area (Å²) in [6.07, 6.45) is 7.68. The van der Waals surface area contributed by atoms with Crippen LogP contribution in [0.25, 0.3) is 10.9 Å². The molecule has 2 aliphatic rings. The van der Waals surface area contributed by atoms with E-state index in [0.717, 1.165) is 70.8 Å². The number of nitrogens with zero attached hydrogens (tertiary/aromatic N) is 4. The van der Waals surface area contributed by atoms with Crippen molar-refractivity contribution in [2.24, 2.45) is 0 Å². The molecular weight excluding hydrogens is 390 g/mol. The van der Waals surface area contributed by atoms with Crippen molar-refractivity contribution in [3.05, 3.63) is 70.0 Å². The minimum absolute atomic E-state index is 0.0224. The third-order valence-corrected chi connectivity index (χ3v) is 6.52. The third-order valence-electron chi connectivity index (χ3n) is 6.52. The van der Waals surface area contributed by atoms with Gasteiger partial charge in [0.1, 0.15) is 12.4 Å². The monoisotopic (exact) mass is 418 g/mol. The van der Waals surface area contributed by atoms with E-state index in [-0.39, 0.29) is 11.5 Å². The molecule has 4 heterocycles. The number of pyridine rings is 1. The highest BCUT2D eigenvalue weighted by Crippen LogP contribution is 2.17. The minimum atomic E-state index is 0.0224. The summed E-state index contributed by atoms with van der Waals surface area (Å²) in [5.74, 6) is 0.884. The van der Waals surface area contributed by atoms with Crippen LogP contribution in [0.2, 0.25) is 0 Å². The van der Waals surface area contributed by atoms with Gasteiger partial charge in [-0.25, -0.2) is 4.98 Å². The summed E-state index contributed by atoms with van der Waals surface area (Å²) in [5, 5.41) is 0.605. The van der Waals surface area contributed by atoms with Crippen molar-refractivity contribution in [1.82, 2.24) is 19.4 Å². The van der Waals surface area contributed by atoms with E-state index in [1.807, 2.05) is 21.9 Å². The molecule has 1 amide bonds. The normalized spacial score (nSPS) is 17.4. The molecule has 0 saturated carbocycles. The van der Waals surface area contributed by atoms with Crippen LogP contribution in [0.5, 0.6) is 0 Å². The van der Waals surface area contributed by atoms with Crippen LogP contribution in [0.15, 0.2) is 47.5 Å². The zero-order valence-corrected chi connectivity index (χ0v) is 17.7. The Balaban J connectivity index is 1.31. The van der Waals surface area contributed by atoms with Gasteiger partial charge < -0.3 is 9.80 Å². The van der Waals surface area contributed by atoms with Gasteiger partial charge in [-0.3, -0.25) is 19.1 Å². The number of rotatable bonds is 3. The maximum Gasteiger partial charge on any atom is 0.261 e. The summed E-state index contributed by atoms with van der Waals surface area (Å²) in [6.45, 7) is 5.02. The van der Waals surface area contributed by atoms with Crippen LogP contribution in [-0.4, -0.2) is 51.5 Å². The van der Waals surface area contributed by atoms with E-state index in [4.69, 9.17) is 4.98 Å². The topological polar surface area (TPSA) is 72.5 Å². The molecule has 3 aromatic rings. The quantitative estimate of drug-likeness (QED) is 0.690. The number of fused-ring (bicyclic) bond motifs is 2. The standard InChI is InChI=1S/C24H27N5O2/c30-23(28-14-12-27(13-15-28)17-18-7-9-25-10-8-18)19-5-6-20-21(16-19)26-22-4-2-1-3-11-29(22)24(20)31/h5-10,16H,1-4,11-15,17H2/p+1. The second-order valence-corrected chi connectivity index (χ2v) is 8.60. The minimum Gasteiger partial charge on any atom is -0.328 e. The van der Waals surface area contributed by atoms with Gasteiger partial charge in [-0.05, 0) is 43.2 Å². The van der Waals surface area contributed by atoms with Gasteiger partial charge >= 0.3 is 0 Å². The van der Waals surface area contributed by atoms with Crippen molar-refractivity contribution in [1.29, 1.82) is 0 Å². The summed E-state index contributed by atoms with van der Waals surface area (Å²) in [5.41, 5.74) is 2.56. The van der Waals surface area contributed by atoms with Gasteiger partial charge in [0.15, 0.2) is 0 Å². The van der Waals surface area contributed by atoms with Crippen molar-refractivity contribution in [2.45, 2.75) is 38.8 Å². The summed E-state index contributed by atoms with van der Waals surface area (Å²) in [7, 11) is 0. The number of amides is 1. The van der Waals surface area contributed by atoms with Gasteiger partial charge in [-0.1, -0.05) is 6.42 Å². The van der Waals surface area contributed by atoms with Gasteiger partial charge in [-0.2, -0.15) is 0 Å². The number of piperazine rings is 1. The summed E-state index contributed by atoms with van der Waals surface area (Å²) in [4.78, 5) is 38.3. The lowest BCUT2D eigenvalue weighted by Crippen LogP contribution is -3.13. The molecule has 160 valence electrons. The molecule has 0 radical (unpaired) electrons. The van der Waals surface area contributed by atoms with E-state index in [9.17, 15) is 9.59 Å². The Kier molecular flexibility index (Phi) is 5.51. The Bertz CT molecular complexity index is 1150. The SMILES string of the molecule is O=C(c1ccc2c(=O)n3c(nc2c1)CCCCC3)N1CC[NH+](Cc2ccncc2)CC1. The van der Waals surface area contributed by atoms with Crippen LogP contribution in [-0.2, 0) is 19.5 Å². The number of aromatic nitrogens is 3. The highest BCUT2D eigenvalue weighted by molar-refractivity contribution is 5.97. The molecule has 0 bridgehead atoms. The lowest BCUT2D eigenvalue weighted by atomic mass is 10.1. The average molecular weight is 419 g/mol. The highest BCUT2D eigenvalue weighted by atomic mass is 16.2. The van der Waals surface area contributed by atoms with Crippen molar-refractivity contribution >= 4 is 16.8 Å². The fourth-order valence-electron chi connectivity index (χ4n) is 4.73. The van der Waals surface area contributed by atoms with Crippen molar-refractivity contribution in [3.63, 3.8) is 0 Å². The molecule has 0 aliphatic carbocycles.